The van der Waals surface area contributed by atoms with Gasteiger partial charge in [-0.25, -0.2) is 9.18 Å². The van der Waals surface area contributed by atoms with Crippen molar-refractivity contribution in [3.63, 3.8) is 0 Å². The Balaban J connectivity index is 2.38. The van der Waals surface area contributed by atoms with E-state index in [4.69, 9.17) is 15.2 Å². The minimum Gasteiger partial charge on any atom is -0.494 e. The molecule has 92 valence electrons. The van der Waals surface area contributed by atoms with E-state index in [2.05, 4.69) is 5.32 Å². The highest BCUT2D eigenvalue weighted by molar-refractivity contribution is 5.70. The number of alkyl carbamates (subject to hydrolysis) is 1. The van der Waals surface area contributed by atoms with Gasteiger partial charge in [0, 0.05) is 12.1 Å². The van der Waals surface area contributed by atoms with E-state index in [1.165, 1.54) is 19.2 Å². The maximum absolute atomic E-state index is 13.6. The number of halogens is 1. The number of carbonyl (C=O) groups is 1. The molecule has 1 saturated heterocycles. The van der Waals surface area contributed by atoms with Crippen molar-refractivity contribution in [1.82, 2.24) is 5.32 Å². The molecule has 1 atom stereocenters. The molecule has 2 rings (SSSR count). The summed E-state index contributed by atoms with van der Waals surface area (Å²) in [5.41, 5.74) is 5.13. The van der Waals surface area contributed by atoms with E-state index in [1.54, 1.807) is 6.07 Å². The van der Waals surface area contributed by atoms with E-state index >= 15 is 0 Å². The standard InChI is InChI=1S/C11H13FN2O3/c1-16-9-3-2-7(4-8(9)12)11(5-13)6-14-10(15)17-11/h2-4H,5-6,13H2,1H3,(H,14,15). The van der Waals surface area contributed by atoms with Crippen LogP contribution in [0.15, 0.2) is 18.2 Å². The minimum atomic E-state index is -0.996. The third-order valence-corrected chi connectivity index (χ3v) is 2.81. The third-order valence-electron chi connectivity index (χ3n) is 2.81. The van der Waals surface area contributed by atoms with Crippen molar-refractivity contribution >= 4 is 6.09 Å². The monoisotopic (exact) mass is 240 g/mol. The molecular formula is C11H13FN2O3. The maximum Gasteiger partial charge on any atom is 0.408 e. The lowest BCUT2D eigenvalue weighted by Crippen LogP contribution is -2.38. The Bertz CT molecular complexity index is 452. The summed E-state index contributed by atoms with van der Waals surface area (Å²) in [4.78, 5) is 11.1. The number of hydrogen-bond donors (Lipinski definition) is 2. The molecule has 6 heteroatoms. The fraction of sp³-hybridized carbons (Fsp3) is 0.364. The van der Waals surface area contributed by atoms with Gasteiger partial charge in [-0.2, -0.15) is 0 Å². The van der Waals surface area contributed by atoms with Crippen molar-refractivity contribution in [2.45, 2.75) is 5.60 Å². The molecule has 1 aromatic carbocycles. The van der Waals surface area contributed by atoms with E-state index in [1.807, 2.05) is 0 Å². The van der Waals surface area contributed by atoms with Crippen molar-refractivity contribution in [3.8, 4) is 5.75 Å². The first-order valence-electron chi connectivity index (χ1n) is 5.12. The van der Waals surface area contributed by atoms with Crippen LogP contribution in [0.5, 0.6) is 5.75 Å². The number of nitrogens with one attached hydrogen (secondary N) is 1. The summed E-state index contributed by atoms with van der Waals surface area (Å²) < 4.78 is 23.5. The first-order chi connectivity index (χ1) is 8.11. The second-order valence-electron chi connectivity index (χ2n) is 3.79. The first-order valence-corrected chi connectivity index (χ1v) is 5.12. The van der Waals surface area contributed by atoms with Crippen molar-refractivity contribution in [1.29, 1.82) is 0 Å². The van der Waals surface area contributed by atoms with E-state index in [9.17, 15) is 9.18 Å². The fourth-order valence-corrected chi connectivity index (χ4v) is 1.81. The highest BCUT2D eigenvalue weighted by Gasteiger charge is 2.41. The zero-order valence-electron chi connectivity index (χ0n) is 9.33. The van der Waals surface area contributed by atoms with E-state index in [0.29, 0.717) is 5.56 Å². The molecule has 0 radical (unpaired) electrons. The molecular weight excluding hydrogens is 227 g/mol. The SMILES string of the molecule is COc1ccc(C2(CN)CNC(=O)O2)cc1F. The van der Waals surface area contributed by atoms with Gasteiger partial charge in [0.1, 0.15) is 0 Å². The van der Waals surface area contributed by atoms with Gasteiger partial charge < -0.3 is 20.5 Å². The second kappa shape index (κ2) is 4.21. The molecule has 0 bridgehead atoms. The first kappa shape index (κ1) is 11.7. The van der Waals surface area contributed by atoms with Gasteiger partial charge in [-0.05, 0) is 12.1 Å². The van der Waals surface area contributed by atoms with E-state index in [0.717, 1.165) is 0 Å². The molecule has 1 heterocycles. The van der Waals surface area contributed by atoms with Crippen LogP contribution in [0.25, 0.3) is 0 Å². The Morgan fingerprint density at radius 2 is 2.41 bits per heavy atom. The second-order valence-corrected chi connectivity index (χ2v) is 3.79. The number of ether oxygens (including phenoxy) is 2. The Morgan fingerprint density at radius 1 is 1.65 bits per heavy atom. The number of rotatable bonds is 3. The van der Waals surface area contributed by atoms with Crippen LogP contribution in [-0.4, -0.2) is 26.3 Å². The normalized spacial score (nSPS) is 23.1. The molecule has 1 fully saturated rings. The van der Waals surface area contributed by atoms with Crippen molar-refractivity contribution in [2.24, 2.45) is 5.73 Å². The molecule has 1 aliphatic heterocycles. The van der Waals surface area contributed by atoms with Gasteiger partial charge in [-0.3, -0.25) is 0 Å². The minimum absolute atomic E-state index is 0.0809. The van der Waals surface area contributed by atoms with Gasteiger partial charge in [0.25, 0.3) is 0 Å². The molecule has 0 spiro atoms. The predicted molar refractivity (Wildman–Crippen MR) is 58.2 cm³/mol. The lowest BCUT2D eigenvalue weighted by molar-refractivity contribution is 0.0614. The summed E-state index contributed by atoms with van der Waals surface area (Å²) in [7, 11) is 1.38. The van der Waals surface area contributed by atoms with Gasteiger partial charge in [0.2, 0.25) is 0 Å². The zero-order chi connectivity index (χ0) is 12.5. The van der Waals surface area contributed by atoms with Crippen LogP contribution in [0.3, 0.4) is 0 Å². The summed E-state index contributed by atoms with van der Waals surface area (Å²) in [5.74, 6) is -0.376. The number of hydrogen-bond acceptors (Lipinski definition) is 4. The quantitative estimate of drug-likeness (QED) is 0.816. The van der Waals surface area contributed by atoms with Crippen molar-refractivity contribution in [3.05, 3.63) is 29.6 Å². The number of benzene rings is 1. The Hall–Kier alpha value is -1.82. The average molecular weight is 240 g/mol. The zero-order valence-corrected chi connectivity index (χ0v) is 9.33. The molecule has 1 aliphatic rings. The molecule has 1 unspecified atom stereocenters. The summed E-state index contributed by atoms with van der Waals surface area (Å²) in [6.07, 6.45) is -0.549. The van der Waals surface area contributed by atoms with Gasteiger partial charge in [0.05, 0.1) is 13.7 Å². The smallest absolute Gasteiger partial charge is 0.408 e. The molecule has 1 aromatic rings. The molecule has 0 saturated carbocycles. The molecule has 17 heavy (non-hydrogen) atoms. The molecule has 0 aliphatic carbocycles. The van der Waals surface area contributed by atoms with Crippen LogP contribution >= 0.6 is 0 Å². The lowest BCUT2D eigenvalue weighted by Gasteiger charge is -2.25. The molecule has 1 amide bonds. The number of carbonyl (C=O) groups excluding carboxylic acids is 1. The van der Waals surface area contributed by atoms with Crippen LogP contribution in [0, 0.1) is 5.82 Å². The molecule has 3 N–H and O–H groups in total. The van der Waals surface area contributed by atoms with Crippen LogP contribution < -0.4 is 15.8 Å². The fourth-order valence-electron chi connectivity index (χ4n) is 1.81. The third kappa shape index (κ3) is 1.91. The Labute approximate surface area is 97.7 Å². The Morgan fingerprint density at radius 3 is 2.88 bits per heavy atom. The number of cyclic esters (lactones) is 1. The van der Waals surface area contributed by atoms with Crippen LogP contribution in [-0.2, 0) is 10.3 Å². The number of nitrogens with two attached hydrogens (primary N) is 1. The highest BCUT2D eigenvalue weighted by Crippen LogP contribution is 2.30. The largest absolute Gasteiger partial charge is 0.494 e. The number of methoxy groups -OCH3 is 1. The topological polar surface area (TPSA) is 73.6 Å². The highest BCUT2D eigenvalue weighted by atomic mass is 19.1. The number of amides is 1. The van der Waals surface area contributed by atoms with Crippen LogP contribution in [0.2, 0.25) is 0 Å². The van der Waals surface area contributed by atoms with Gasteiger partial charge in [0.15, 0.2) is 17.2 Å². The van der Waals surface area contributed by atoms with Gasteiger partial charge in [-0.1, -0.05) is 6.07 Å². The van der Waals surface area contributed by atoms with Crippen LogP contribution in [0.1, 0.15) is 5.56 Å². The maximum atomic E-state index is 13.6. The van der Waals surface area contributed by atoms with Crippen LogP contribution in [0.4, 0.5) is 9.18 Å². The lowest BCUT2D eigenvalue weighted by atomic mass is 9.94. The van der Waals surface area contributed by atoms with Crippen molar-refractivity contribution < 1.29 is 18.7 Å². The van der Waals surface area contributed by atoms with Gasteiger partial charge in [-0.15, -0.1) is 0 Å². The van der Waals surface area contributed by atoms with Gasteiger partial charge >= 0.3 is 6.09 Å². The molecule has 0 aromatic heterocycles. The predicted octanol–water partition coefficient (Wildman–Crippen LogP) is 0.728. The molecule has 5 nitrogen and oxygen atoms in total. The summed E-state index contributed by atoms with van der Waals surface area (Å²) in [6.45, 7) is 0.311. The van der Waals surface area contributed by atoms with E-state index in [-0.39, 0.29) is 18.8 Å². The summed E-state index contributed by atoms with van der Waals surface area (Å²) in [6, 6.07) is 4.38. The average Bonchev–Trinajstić information content (AvgIpc) is 2.72. The Kier molecular flexibility index (Phi) is 2.89. The summed E-state index contributed by atoms with van der Waals surface area (Å²) >= 11 is 0. The van der Waals surface area contributed by atoms with Crippen molar-refractivity contribution in [2.75, 3.05) is 20.2 Å². The summed E-state index contributed by atoms with van der Waals surface area (Å²) in [5, 5.41) is 2.51. The van der Waals surface area contributed by atoms with E-state index < -0.39 is 17.5 Å².